The molecular formula is C73H13NO2S. The molecule has 2 spiro atoms. The predicted molar refractivity (Wildman–Crippen MR) is 320 cm³/mol. The largest absolute Gasteiger partial charge is 0.243 e. The second kappa shape index (κ2) is 6.89. The molecule has 0 radical (unpaired) electrons. The lowest BCUT2D eigenvalue weighted by atomic mass is 9.46. The van der Waals surface area contributed by atoms with Crippen molar-refractivity contribution in [3.8, 4) is 0 Å². The van der Waals surface area contributed by atoms with E-state index >= 15 is 8.42 Å². The Balaban J connectivity index is 1.03. The number of rotatable bonds is 2. The zero-order valence-corrected chi connectivity index (χ0v) is 40.4. The van der Waals surface area contributed by atoms with Crippen LogP contribution in [0.4, 0.5) is 0 Å². The predicted octanol–water partition coefficient (Wildman–Crippen LogP) is 18.2. The minimum atomic E-state index is -3.80. The Bertz CT molecular complexity index is 7400. The Morgan fingerprint density at radius 2 is 0.442 bits per heavy atom. The number of fused-ring (bicyclic) bond motifs is 1. The Morgan fingerprint density at radius 3 is 0.623 bits per heavy atom. The average molecular weight is 968 g/mol. The normalized spacial score (nSPS) is 22.8. The van der Waals surface area contributed by atoms with Gasteiger partial charge < -0.3 is 0 Å². The molecular weight excluding hydrogens is 955 g/mol. The Labute approximate surface area is 422 Å². The van der Waals surface area contributed by atoms with Crippen LogP contribution >= 0.6 is 0 Å². The number of nitrogens with zero attached hydrogens (tertiary/aromatic N) is 1. The number of benzene rings is 19. The maximum Gasteiger partial charge on any atom is 0.243 e. The monoisotopic (exact) mass is 967 g/mol. The lowest BCUT2D eigenvalue weighted by Gasteiger charge is -2.54. The smallest absolute Gasteiger partial charge is 0.207 e. The van der Waals surface area contributed by atoms with Gasteiger partial charge in [0.25, 0.3) is 0 Å². The molecule has 1 aliphatic heterocycles. The zero-order valence-electron chi connectivity index (χ0n) is 39.6. The summed E-state index contributed by atoms with van der Waals surface area (Å²) in [6, 6.07) is 7.59. The van der Waals surface area contributed by atoms with E-state index in [1.165, 1.54) is 11.1 Å². The van der Waals surface area contributed by atoms with Gasteiger partial charge in [-0.15, -0.1) is 0 Å². The van der Waals surface area contributed by atoms with Crippen LogP contribution in [0.5, 0.6) is 0 Å². The molecule has 1 heterocycles. The van der Waals surface area contributed by atoms with E-state index in [-0.39, 0.29) is 0 Å². The molecule has 5 aliphatic carbocycles. The highest BCUT2D eigenvalue weighted by Crippen LogP contribution is 2.85. The van der Waals surface area contributed by atoms with Gasteiger partial charge in [-0.25, -0.2) is 8.42 Å². The van der Waals surface area contributed by atoms with Crippen LogP contribution in [-0.4, -0.2) is 25.8 Å². The minimum Gasteiger partial charge on any atom is -0.207 e. The lowest BCUT2D eigenvalue weighted by Crippen LogP contribution is -2.51. The van der Waals surface area contributed by atoms with Crippen LogP contribution in [0, 0.1) is 6.92 Å². The highest BCUT2D eigenvalue weighted by atomic mass is 32.2. The third-order valence-corrected chi connectivity index (χ3v) is 28.8. The molecule has 1 saturated heterocycles. The zero-order chi connectivity index (χ0) is 46.5. The van der Waals surface area contributed by atoms with Crippen molar-refractivity contribution in [1.82, 2.24) is 4.31 Å². The topological polar surface area (TPSA) is 37.4 Å². The van der Waals surface area contributed by atoms with Crippen molar-refractivity contribution in [2.24, 2.45) is 0 Å². The third-order valence-electron chi connectivity index (χ3n) is 27.0. The summed E-state index contributed by atoms with van der Waals surface area (Å²) in [7, 11) is -3.80. The minimum absolute atomic E-state index is 0.394. The summed E-state index contributed by atoms with van der Waals surface area (Å²) in [5.74, 6) is 0. The fraction of sp³-hybridized carbons (Fsp3) is 0.0685. The van der Waals surface area contributed by atoms with Crippen molar-refractivity contribution in [3.05, 3.63) is 75.4 Å². The highest BCUT2D eigenvalue weighted by molar-refractivity contribution is 7.89. The first kappa shape index (κ1) is 30.0. The molecule has 0 unspecified atom stereocenters. The Hall–Kier alpha value is -8.93. The van der Waals surface area contributed by atoms with Gasteiger partial charge >= 0.3 is 0 Å². The van der Waals surface area contributed by atoms with Gasteiger partial charge in [-0.3, -0.25) is 0 Å². The van der Waals surface area contributed by atoms with Crippen molar-refractivity contribution in [2.45, 2.75) is 22.6 Å². The van der Waals surface area contributed by atoms with Crippen LogP contribution in [0.2, 0.25) is 0 Å². The molecule has 77 heavy (non-hydrogen) atoms. The number of hydrogen-bond acceptors (Lipinski definition) is 2. The molecule has 0 atom stereocenters. The summed E-state index contributed by atoms with van der Waals surface area (Å²) in [5, 5.41) is 86.1. The van der Waals surface area contributed by atoms with E-state index in [4.69, 9.17) is 0 Å². The van der Waals surface area contributed by atoms with Crippen LogP contribution in [0.1, 0.15) is 27.8 Å². The van der Waals surface area contributed by atoms with E-state index in [1.54, 1.807) is 313 Å². The van der Waals surface area contributed by atoms with E-state index in [0.717, 1.165) is 5.56 Å². The van der Waals surface area contributed by atoms with Crippen molar-refractivity contribution in [3.63, 3.8) is 0 Å². The first-order valence-electron chi connectivity index (χ1n) is 28.3. The van der Waals surface area contributed by atoms with E-state index in [1.807, 2.05) is 35.5 Å². The van der Waals surface area contributed by atoms with E-state index in [0.29, 0.717) is 18.0 Å². The van der Waals surface area contributed by atoms with E-state index < -0.39 is 20.9 Å². The molecule has 0 N–H and O–H groups in total. The van der Waals surface area contributed by atoms with E-state index in [9.17, 15) is 0 Å². The molecule has 4 heteroatoms. The summed E-state index contributed by atoms with van der Waals surface area (Å²) in [4.78, 5) is 0.397. The van der Waals surface area contributed by atoms with Gasteiger partial charge in [0.2, 0.25) is 10.0 Å². The van der Waals surface area contributed by atoms with Crippen molar-refractivity contribution in [2.75, 3.05) is 13.1 Å². The molecule has 0 saturated carbocycles. The summed E-state index contributed by atoms with van der Waals surface area (Å²) < 4.78 is 32.2. The van der Waals surface area contributed by atoms with Gasteiger partial charge in [-0.05, 0) is 343 Å². The quantitative estimate of drug-likeness (QED) is 0.162. The molecule has 328 valence electrons. The fourth-order valence-electron chi connectivity index (χ4n) is 26.3. The molecule has 0 amide bonds. The summed E-state index contributed by atoms with van der Waals surface area (Å²) in [6.45, 7) is 2.83. The molecule has 29 aromatic rings. The highest BCUT2D eigenvalue weighted by Gasteiger charge is 2.70. The molecule has 1 fully saturated rings. The summed E-state index contributed by atoms with van der Waals surface area (Å²) >= 11 is 0. The van der Waals surface area contributed by atoms with Gasteiger partial charge in [0.05, 0.1) is 15.7 Å². The van der Waals surface area contributed by atoms with Gasteiger partial charge in [0.15, 0.2) is 0 Å². The van der Waals surface area contributed by atoms with Crippen LogP contribution < -0.4 is 0 Å². The van der Waals surface area contributed by atoms with Crippen molar-refractivity contribution >= 4 is 301 Å². The van der Waals surface area contributed by atoms with Gasteiger partial charge in [0, 0.05) is 13.1 Å². The molecule has 29 aromatic carbocycles. The van der Waals surface area contributed by atoms with Crippen LogP contribution in [0.15, 0.2) is 52.5 Å². The fourth-order valence-corrected chi connectivity index (χ4v) is 27.7. The maximum atomic E-state index is 15.2. The lowest BCUT2D eigenvalue weighted by molar-refractivity contribution is 0.463. The van der Waals surface area contributed by atoms with Crippen LogP contribution in [0.25, 0.3) is 291 Å². The number of allylic oxidation sites excluding steroid dienone is 2. The Kier molecular flexibility index (Phi) is 2.68. The molecule has 35 rings (SSSR count). The van der Waals surface area contributed by atoms with E-state index in [2.05, 4.69) is 12.2 Å². The molecule has 0 bridgehead atoms. The van der Waals surface area contributed by atoms with Gasteiger partial charge in [0.1, 0.15) is 0 Å². The molecule has 0 aromatic heterocycles. The SMILES string of the molecule is Cc1ccc(S(=O)(=O)N2CC3=CC45c6c7c8c9c%10c%11c(c%12c%13c4c4c6c6c%14c7c7c8c8c%10c%10c%15c%11c%11c%12c%12c%13c%13c4c4c6c6c%14c%14c7c7c8c%10c8c%10c%15c%11c%11c%12c%12c%13c4c4c6c6c%14c7c8c7c%10c%11c%12c4c67)C95C=C3C2)cc1. The summed E-state index contributed by atoms with van der Waals surface area (Å²) in [5.41, 5.74) is 8.76. The standard InChI is InChI=1S/C73H13NO2S/c1-10-2-4-13(5-3-10)77(75,76)74-8-11-6-72-68-60-52-42-32-24-16-14-15-18-22-20(16)28-36-30(22)40-34-26(18)27-19(15)23-21-17(14)25(24)33-39-29(21)37-31(23)41-35(27)45-44(34)54-48(40)58-50(36)56(46(52)38(28)32)64(68)66(58)70-62(54)63-55(45)49(41)59-51(37)57-47(39)53(43(33)42)61(60)69(72)65(57)67(59)71(63)73(70,72)7-12(11)9-74/h2-7H,8-9H2,1H3. The van der Waals surface area contributed by atoms with Crippen LogP contribution in [-0.2, 0) is 20.9 Å². The van der Waals surface area contributed by atoms with Crippen LogP contribution in [0.3, 0.4) is 0 Å². The first-order valence-corrected chi connectivity index (χ1v) is 29.7. The van der Waals surface area contributed by atoms with Crippen molar-refractivity contribution < 1.29 is 8.42 Å². The third kappa shape index (κ3) is 1.71. The summed E-state index contributed by atoms with van der Waals surface area (Å²) in [6.07, 6.45) is 5.64. The number of hydrogen-bond donors (Lipinski definition) is 0. The Morgan fingerprint density at radius 1 is 0.273 bits per heavy atom. The molecule has 3 nitrogen and oxygen atoms in total. The van der Waals surface area contributed by atoms with Crippen molar-refractivity contribution in [1.29, 1.82) is 0 Å². The molecule has 6 aliphatic rings. The first-order chi connectivity index (χ1) is 38.0. The second-order valence-corrected chi connectivity index (χ2v) is 29.7. The number of aryl methyl sites for hydroxylation is 1. The average Bonchev–Trinajstić information content (AvgIpc) is 1.97. The van der Waals surface area contributed by atoms with Gasteiger partial charge in [-0.2, -0.15) is 4.31 Å². The maximum absolute atomic E-state index is 15.2. The number of sulfonamides is 1. The second-order valence-electron chi connectivity index (χ2n) is 27.8. The van der Waals surface area contributed by atoms with Gasteiger partial charge in [-0.1, -0.05) is 29.8 Å².